The second kappa shape index (κ2) is 2.48. The predicted octanol–water partition coefficient (Wildman–Crippen LogP) is 2.87. The van der Waals surface area contributed by atoms with Crippen molar-refractivity contribution in [2.24, 2.45) is 0 Å². The molecule has 2 aromatic rings. The zero-order valence-corrected chi connectivity index (χ0v) is 7.83. The minimum absolute atomic E-state index is 0.660. The van der Waals surface area contributed by atoms with Crippen molar-refractivity contribution in [3.63, 3.8) is 0 Å². The highest BCUT2D eigenvalue weighted by molar-refractivity contribution is 6.30. The van der Waals surface area contributed by atoms with Crippen molar-refractivity contribution in [3.05, 3.63) is 35.1 Å². The summed E-state index contributed by atoms with van der Waals surface area (Å²) in [4.78, 5) is 0. The maximum Gasteiger partial charge on any atom is 0.155 e. The topological polar surface area (TPSA) is 17.3 Å². The predicted molar refractivity (Wildman–Crippen MR) is 52.2 cm³/mol. The number of nitrogens with zero attached hydrogens (tertiary/aromatic N) is 2. The van der Waals surface area contributed by atoms with Crippen LogP contribution < -0.4 is 0 Å². The lowest BCUT2D eigenvalue weighted by Gasteiger charge is -1.94. The van der Waals surface area contributed by atoms with Gasteiger partial charge in [-0.15, -0.1) is 0 Å². The first-order valence-electron chi connectivity index (χ1n) is 4.49. The van der Waals surface area contributed by atoms with Crippen LogP contribution in [-0.2, 0) is 0 Å². The first-order valence-corrected chi connectivity index (χ1v) is 4.87. The van der Waals surface area contributed by atoms with Gasteiger partial charge >= 0.3 is 0 Å². The zero-order valence-electron chi connectivity index (χ0n) is 7.07. The van der Waals surface area contributed by atoms with E-state index < -0.39 is 0 Å². The van der Waals surface area contributed by atoms with Gasteiger partial charge in [-0.3, -0.25) is 0 Å². The van der Waals surface area contributed by atoms with Crippen molar-refractivity contribution >= 4 is 17.1 Å². The van der Waals surface area contributed by atoms with Gasteiger partial charge in [0, 0.05) is 11.8 Å². The molecule has 0 amide bonds. The summed E-state index contributed by atoms with van der Waals surface area (Å²) in [7, 11) is 0. The Hall–Kier alpha value is -1.02. The van der Waals surface area contributed by atoms with Gasteiger partial charge in [0.05, 0.1) is 5.52 Å². The molecule has 13 heavy (non-hydrogen) atoms. The van der Waals surface area contributed by atoms with Gasteiger partial charge in [-0.1, -0.05) is 17.7 Å². The molecule has 2 heterocycles. The maximum absolute atomic E-state index is 6.07. The molecule has 1 aliphatic carbocycles. The van der Waals surface area contributed by atoms with Gasteiger partial charge in [0.15, 0.2) is 5.15 Å². The van der Waals surface area contributed by atoms with Gasteiger partial charge in [-0.2, -0.15) is 5.10 Å². The lowest BCUT2D eigenvalue weighted by molar-refractivity contribution is 0.962. The molecule has 0 spiro atoms. The molecule has 1 aliphatic rings. The Morgan fingerprint density at radius 3 is 3.00 bits per heavy atom. The smallest absolute Gasteiger partial charge is 0.155 e. The van der Waals surface area contributed by atoms with Crippen molar-refractivity contribution in [1.29, 1.82) is 0 Å². The molecule has 0 unspecified atom stereocenters. The minimum Gasteiger partial charge on any atom is -0.239 e. The third-order valence-electron chi connectivity index (χ3n) is 2.52. The van der Waals surface area contributed by atoms with Gasteiger partial charge in [0.2, 0.25) is 0 Å². The van der Waals surface area contributed by atoms with Crippen molar-refractivity contribution in [2.45, 2.75) is 18.8 Å². The van der Waals surface area contributed by atoms with Crippen molar-refractivity contribution in [2.75, 3.05) is 0 Å². The van der Waals surface area contributed by atoms with E-state index in [1.54, 1.807) is 0 Å². The summed E-state index contributed by atoms with van der Waals surface area (Å²) in [6, 6.07) is 6.07. The van der Waals surface area contributed by atoms with Gasteiger partial charge in [-0.25, -0.2) is 4.52 Å². The van der Waals surface area contributed by atoms with E-state index in [0.29, 0.717) is 11.1 Å². The summed E-state index contributed by atoms with van der Waals surface area (Å²) in [5, 5.41) is 4.93. The molecule has 3 rings (SSSR count). The summed E-state index contributed by atoms with van der Waals surface area (Å²) in [5.74, 6) is 0.660. The number of rotatable bonds is 1. The van der Waals surface area contributed by atoms with E-state index in [-0.39, 0.29) is 0 Å². The zero-order chi connectivity index (χ0) is 8.84. The molecule has 0 saturated heterocycles. The molecule has 2 nitrogen and oxygen atoms in total. The van der Waals surface area contributed by atoms with Crippen LogP contribution in [0.15, 0.2) is 24.4 Å². The number of aromatic nitrogens is 2. The highest BCUT2D eigenvalue weighted by atomic mass is 35.5. The Morgan fingerprint density at radius 2 is 2.23 bits per heavy atom. The van der Waals surface area contributed by atoms with Crippen molar-refractivity contribution in [3.8, 4) is 0 Å². The van der Waals surface area contributed by atoms with E-state index in [4.69, 9.17) is 11.6 Å². The monoisotopic (exact) mass is 192 g/mol. The molecule has 1 saturated carbocycles. The molecule has 0 atom stereocenters. The summed E-state index contributed by atoms with van der Waals surface area (Å²) in [6.07, 6.45) is 4.46. The average molecular weight is 193 g/mol. The van der Waals surface area contributed by atoms with Crippen molar-refractivity contribution < 1.29 is 0 Å². The highest BCUT2D eigenvalue weighted by Crippen LogP contribution is 2.44. The first kappa shape index (κ1) is 7.39. The summed E-state index contributed by atoms with van der Waals surface area (Å²) < 4.78 is 1.86. The molecular weight excluding hydrogens is 184 g/mol. The molecule has 0 N–H and O–H groups in total. The molecule has 66 valence electrons. The average Bonchev–Trinajstić information content (AvgIpc) is 2.88. The fourth-order valence-electron chi connectivity index (χ4n) is 1.74. The summed E-state index contributed by atoms with van der Waals surface area (Å²) in [6.45, 7) is 0. The van der Waals surface area contributed by atoms with Crippen LogP contribution in [-0.4, -0.2) is 9.61 Å². The van der Waals surface area contributed by atoms with Crippen LogP contribution in [0.5, 0.6) is 0 Å². The summed E-state index contributed by atoms with van der Waals surface area (Å²) >= 11 is 6.07. The maximum atomic E-state index is 6.07. The van der Waals surface area contributed by atoms with Crippen LogP contribution >= 0.6 is 11.6 Å². The molecule has 3 heteroatoms. The molecule has 2 aromatic heterocycles. The quantitative estimate of drug-likeness (QED) is 0.679. The number of fused-ring (bicyclic) bond motifs is 1. The van der Waals surface area contributed by atoms with Gasteiger partial charge < -0.3 is 0 Å². The molecular formula is C10H9ClN2. The van der Waals surface area contributed by atoms with E-state index in [0.717, 1.165) is 5.52 Å². The third-order valence-corrected chi connectivity index (χ3v) is 2.80. The van der Waals surface area contributed by atoms with Crippen molar-refractivity contribution in [1.82, 2.24) is 9.61 Å². The highest BCUT2D eigenvalue weighted by Gasteiger charge is 2.29. The van der Waals surface area contributed by atoms with E-state index in [2.05, 4.69) is 11.2 Å². The number of halogens is 1. The van der Waals surface area contributed by atoms with E-state index in [1.165, 1.54) is 18.4 Å². The fraction of sp³-hybridized carbons (Fsp3) is 0.300. The molecule has 0 aliphatic heterocycles. The Bertz CT molecular complexity index is 457. The first-order chi connectivity index (χ1) is 6.36. The van der Waals surface area contributed by atoms with E-state index in [9.17, 15) is 0 Å². The van der Waals surface area contributed by atoms with Gasteiger partial charge in [-0.05, 0) is 30.9 Å². The Labute approximate surface area is 81.1 Å². The molecule has 1 fully saturated rings. The van der Waals surface area contributed by atoms with Crippen LogP contribution in [0.25, 0.3) is 5.52 Å². The molecule has 0 radical (unpaired) electrons. The normalized spacial score (nSPS) is 16.7. The number of hydrogen-bond acceptors (Lipinski definition) is 1. The van der Waals surface area contributed by atoms with E-state index >= 15 is 0 Å². The largest absolute Gasteiger partial charge is 0.239 e. The molecule has 0 aromatic carbocycles. The Kier molecular flexibility index (Phi) is 1.41. The van der Waals surface area contributed by atoms with Crippen LogP contribution in [0.3, 0.4) is 0 Å². The third kappa shape index (κ3) is 1.05. The van der Waals surface area contributed by atoms with Crippen LogP contribution in [0, 0.1) is 0 Å². The lowest BCUT2D eigenvalue weighted by Crippen LogP contribution is -1.83. The fourth-order valence-corrected chi connectivity index (χ4v) is 2.07. The number of pyridine rings is 1. The van der Waals surface area contributed by atoms with Gasteiger partial charge in [0.1, 0.15) is 0 Å². The summed E-state index contributed by atoms with van der Waals surface area (Å²) in [5.41, 5.74) is 2.40. The number of hydrogen-bond donors (Lipinski definition) is 0. The van der Waals surface area contributed by atoms with Crippen LogP contribution in [0.4, 0.5) is 0 Å². The van der Waals surface area contributed by atoms with Crippen LogP contribution in [0.2, 0.25) is 5.15 Å². The SMILES string of the molecule is Clc1nn2ccccc2c1C1CC1. The second-order valence-corrected chi connectivity index (χ2v) is 3.87. The lowest BCUT2D eigenvalue weighted by atomic mass is 10.2. The Balaban J connectivity index is 2.35. The minimum atomic E-state index is 0.660. The van der Waals surface area contributed by atoms with Crippen LogP contribution in [0.1, 0.15) is 24.3 Å². The second-order valence-electron chi connectivity index (χ2n) is 3.51. The van der Waals surface area contributed by atoms with E-state index in [1.807, 2.05) is 22.8 Å². The van der Waals surface area contributed by atoms with Gasteiger partial charge in [0.25, 0.3) is 0 Å². The molecule has 0 bridgehead atoms. The standard InChI is InChI=1S/C10H9ClN2/c11-10-9(7-4-5-7)8-3-1-2-6-13(8)12-10/h1-3,6-7H,4-5H2. The Morgan fingerprint density at radius 1 is 1.38 bits per heavy atom.